The van der Waals surface area contributed by atoms with Crippen LogP contribution in [0.5, 0.6) is 0 Å². The lowest BCUT2D eigenvalue weighted by Gasteiger charge is -2.12. The molecule has 0 saturated heterocycles. The normalized spacial score (nSPS) is 13.8. The largest absolute Gasteiger partial charge is 0.307 e. The first-order valence-corrected chi connectivity index (χ1v) is 11.7. The summed E-state index contributed by atoms with van der Waals surface area (Å²) < 4.78 is 3.81. The van der Waals surface area contributed by atoms with E-state index in [0.717, 1.165) is 46.0 Å². The van der Waals surface area contributed by atoms with Gasteiger partial charge in [-0.25, -0.2) is 9.97 Å². The molecule has 29 heavy (non-hydrogen) atoms. The fourth-order valence-corrected chi connectivity index (χ4v) is 6.18. The number of thiophene rings is 1. The predicted molar refractivity (Wildman–Crippen MR) is 120 cm³/mol. The van der Waals surface area contributed by atoms with Crippen LogP contribution in [0.15, 0.2) is 47.1 Å². The maximum absolute atomic E-state index is 13.3. The first-order chi connectivity index (χ1) is 14.1. The van der Waals surface area contributed by atoms with Crippen molar-refractivity contribution in [2.45, 2.75) is 50.1 Å². The smallest absolute Gasteiger partial charge is 0.263 e. The molecule has 0 bridgehead atoms. The SMILES string of the molecule is C=CCn1c(SCc2cn3cc(C)ccc3n2)nc2sc3c(c2c1=O)CCCC3. The zero-order valence-corrected chi connectivity index (χ0v) is 18.0. The number of aromatic nitrogens is 4. The molecular weight excluding hydrogens is 400 g/mol. The second-order valence-corrected chi connectivity index (χ2v) is 9.51. The van der Waals surface area contributed by atoms with Gasteiger partial charge in [-0.1, -0.05) is 23.9 Å². The molecule has 148 valence electrons. The fourth-order valence-electron chi connectivity index (χ4n) is 3.98. The maximum Gasteiger partial charge on any atom is 0.263 e. The summed E-state index contributed by atoms with van der Waals surface area (Å²) in [5.41, 5.74) is 4.42. The van der Waals surface area contributed by atoms with Crippen molar-refractivity contribution >= 4 is 39.0 Å². The molecule has 0 saturated carbocycles. The summed E-state index contributed by atoms with van der Waals surface area (Å²) in [7, 11) is 0. The molecular formula is C22H22N4OS2. The molecule has 4 aromatic heterocycles. The van der Waals surface area contributed by atoms with Gasteiger partial charge in [0.15, 0.2) is 5.16 Å². The Hall–Kier alpha value is -2.38. The molecule has 1 aliphatic carbocycles. The van der Waals surface area contributed by atoms with Gasteiger partial charge in [-0.2, -0.15) is 0 Å². The summed E-state index contributed by atoms with van der Waals surface area (Å²) in [5.74, 6) is 0.668. The average Bonchev–Trinajstić information content (AvgIpc) is 3.29. The van der Waals surface area contributed by atoms with Crippen molar-refractivity contribution in [3.8, 4) is 0 Å². The molecule has 0 amide bonds. The topological polar surface area (TPSA) is 52.2 Å². The quantitative estimate of drug-likeness (QED) is 0.264. The van der Waals surface area contributed by atoms with Crippen molar-refractivity contribution in [2.24, 2.45) is 0 Å². The minimum atomic E-state index is 0.0717. The van der Waals surface area contributed by atoms with Crippen LogP contribution in [-0.4, -0.2) is 18.9 Å². The van der Waals surface area contributed by atoms with E-state index in [0.29, 0.717) is 12.3 Å². The van der Waals surface area contributed by atoms with Crippen molar-refractivity contribution in [3.63, 3.8) is 0 Å². The number of pyridine rings is 1. The highest BCUT2D eigenvalue weighted by molar-refractivity contribution is 7.98. The van der Waals surface area contributed by atoms with E-state index >= 15 is 0 Å². The third kappa shape index (κ3) is 3.32. The van der Waals surface area contributed by atoms with Gasteiger partial charge in [0.25, 0.3) is 5.56 Å². The molecule has 1 aliphatic rings. The summed E-state index contributed by atoms with van der Waals surface area (Å²) in [6.45, 7) is 6.38. The van der Waals surface area contributed by atoms with E-state index in [1.165, 1.54) is 22.4 Å². The second-order valence-electron chi connectivity index (χ2n) is 7.48. The summed E-state index contributed by atoms with van der Waals surface area (Å²) in [6.07, 6.45) is 10.3. The number of hydrogen-bond donors (Lipinski definition) is 0. The molecule has 0 fully saturated rings. The highest BCUT2D eigenvalue weighted by Crippen LogP contribution is 2.35. The Morgan fingerprint density at radius 1 is 1.24 bits per heavy atom. The van der Waals surface area contributed by atoms with Crippen molar-refractivity contribution < 1.29 is 0 Å². The summed E-state index contributed by atoms with van der Waals surface area (Å²) in [6, 6.07) is 4.09. The summed E-state index contributed by atoms with van der Waals surface area (Å²) >= 11 is 3.27. The lowest BCUT2D eigenvalue weighted by Crippen LogP contribution is -2.23. The highest BCUT2D eigenvalue weighted by atomic mass is 32.2. The Morgan fingerprint density at radius 3 is 2.97 bits per heavy atom. The number of nitrogens with zero attached hydrogens (tertiary/aromatic N) is 4. The molecule has 0 aromatic carbocycles. The zero-order chi connectivity index (χ0) is 20.0. The minimum Gasteiger partial charge on any atom is -0.307 e. The van der Waals surface area contributed by atoms with Gasteiger partial charge in [-0.05, 0) is 49.8 Å². The molecule has 4 heterocycles. The van der Waals surface area contributed by atoms with Gasteiger partial charge >= 0.3 is 0 Å². The summed E-state index contributed by atoms with van der Waals surface area (Å²) in [4.78, 5) is 25.1. The molecule has 5 nitrogen and oxygen atoms in total. The Bertz CT molecular complexity index is 1300. The lowest BCUT2D eigenvalue weighted by molar-refractivity contribution is 0.668. The van der Waals surface area contributed by atoms with E-state index in [-0.39, 0.29) is 5.56 Å². The van der Waals surface area contributed by atoms with Crippen LogP contribution >= 0.6 is 23.1 Å². The highest BCUT2D eigenvalue weighted by Gasteiger charge is 2.22. The molecule has 5 rings (SSSR count). The Balaban J connectivity index is 1.53. The van der Waals surface area contributed by atoms with Crippen LogP contribution in [0.25, 0.3) is 15.9 Å². The molecule has 0 radical (unpaired) electrons. The first-order valence-electron chi connectivity index (χ1n) is 9.87. The molecule has 0 N–H and O–H groups in total. The summed E-state index contributed by atoms with van der Waals surface area (Å²) in [5, 5.41) is 1.58. The number of imidazole rings is 1. The number of aryl methyl sites for hydroxylation is 3. The van der Waals surface area contributed by atoms with Crippen molar-refractivity contribution in [1.29, 1.82) is 0 Å². The van der Waals surface area contributed by atoms with Crippen LogP contribution in [0.4, 0.5) is 0 Å². The molecule has 4 aromatic rings. The van der Waals surface area contributed by atoms with E-state index in [9.17, 15) is 4.79 Å². The van der Waals surface area contributed by atoms with Crippen LogP contribution in [0.1, 0.15) is 34.5 Å². The van der Waals surface area contributed by atoms with Crippen molar-refractivity contribution in [3.05, 3.63) is 69.2 Å². The molecule has 0 atom stereocenters. The number of thioether (sulfide) groups is 1. The fraction of sp³-hybridized carbons (Fsp3) is 0.318. The molecule has 0 aliphatic heterocycles. The van der Waals surface area contributed by atoms with Crippen molar-refractivity contribution in [2.75, 3.05) is 0 Å². The van der Waals surface area contributed by atoms with Crippen LogP contribution in [0, 0.1) is 6.92 Å². The van der Waals surface area contributed by atoms with Crippen LogP contribution < -0.4 is 5.56 Å². The van der Waals surface area contributed by atoms with E-state index in [2.05, 4.69) is 25.8 Å². The van der Waals surface area contributed by atoms with Gasteiger partial charge < -0.3 is 4.40 Å². The predicted octanol–water partition coefficient (Wildman–Crippen LogP) is 4.77. The van der Waals surface area contributed by atoms with Crippen molar-refractivity contribution in [1.82, 2.24) is 18.9 Å². The van der Waals surface area contributed by atoms with E-state index < -0.39 is 0 Å². The van der Waals surface area contributed by atoms with Crippen LogP contribution in [-0.2, 0) is 25.1 Å². The third-order valence-corrected chi connectivity index (χ3v) is 7.55. The van der Waals surface area contributed by atoms with Gasteiger partial charge in [0, 0.05) is 29.6 Å². The Kier molecular flexibility index (Phi) is 4.80. The molecule has 0 spiro atoms. The van der Waals surface area contributed by atoms with Gasteiger partial charge in [-0.3, -0.25) is 9.36 Å². The van der Waals surface area contributed by atoms with Gasteiger partial charge in [0.2, 0.25) is 0 Å². The minimum absolute atomic E-state index is 0.0717. The number of hydrogen-bond acceptors (Lipinski definition) is 5. The lowest BCUT2D eigenvalue weighted by atomic mass is 9.97. The number of fused-ring (bicyclic) bond motifs is 4. The number of rotatable bonds is 5. The maximum atomic E-state index is 13.3. The van der Waals surface area contributed by atoms with Gasteiger partial charge in [0.05, 0.1) is 11.1 Å². The molecule has 0 unspecified atom stereocenters. The third-order valence-electron chi connectivity index (χ3n) is 5.35. The zero-order valence-electron chi connectivity index (χ0n) is 16.4. The standard InChI is InChI=1S/C22H22N4OS2/c1-3-10-26-21(27)19-16-6-4-5-7-17(16)29-20(19)24-22(26)28-13-15-12-25-11-14(2)8-9-18(25)23-15/h3,8-9,11-12H,1,4-7,10,13H2,2H3. The van der Waals surface area contributed by atoms with Gasteiger partial charge in [0.1, 0.15) is 10.5 Å². The number of allylic oxidation sites excluding steroid dienone is 1. The van der Waals surface area contributed by atoms with E-state index in [4.69, 9.17) is 9.97 Å². The van der Waals surface area contributed by atoms with Crippen LogP contribution in [0.2, 0.25) is 0 Å². The van der Waals surface area contributed by atoms with Crippen LogP contribution in [0.3, 0.4) is 0 Å². The first kappa shape index (κ1) is 18.6. The average molecular weight is 423 g/mol. The van der Waals surface area contributed by atoms with E-state index in [1.807, 2.05) is 16.7 Å². The van der Waals surface area contributed by atoms with E-state index in [1.54, 1.807) is 33.7 Å². The Labute approximate surface area is 177 Å². The Morgan fingerprint density at radius 2 is 2.10 bits per heavy atom. The monoisotopic (exact) mass is 422 g/mol. The second kappa shape index (κ2) is 7.46. The molecule has 7 heteroatoms. The van der Waals surface area contributed by atoms with Gasteiger partial charge in [-0.15, -0.1) is 17.9 Å².